The third-order valence-corrected chi connectivity index (χ3v) is 4.98. The highest BCUT2D eigenvalue weighted by Gasteiger charge is 2.31. The highest BCUT2D eigenvalue weighted by molar-refractivity contribution is 5.79. The fourth-order valence-electron chi connectivity index (χ4n) is 3.58. The second kappa shape index (κ2) is 7.78. The number of ether oxygens (including phenoxy) is 1. The second-order valence-electron chi connectivity index (χ2n) is 6.71. The molecule has 0 bridgehead atoms. The first-order chi connectivity index (χ1) is 12.8. The van der Waals surface area contributed by atoms with Crippen molar-refractivity contribution in [3.05, 3.63) is 36.8 Å². The molecule has 2 aromatic rings. The topological polar surface area (TPSA) is 71.5 Å². The first kappa shape index (κ1) is 16.9. The zero-order valence-corrected chi connectivity index (χ0v) is 14.8. The van der Waals surface area contributed by atoms with Gasteiger partial charge in [-0.1, -0.05) is 0 Å². The number of aromatic nitrogens is 3. The summed E-state index contributed by atoms with van der Waals surface area (Å²) >= 11 is 0. The predicted molar refractivity (Wildman–Crippen MR) is 97.6 cm³/mol. The molecule has 2 fully saturated rings. The standard InChI is InChI=1S/C19H23N5O2/c25-18(23-9-11-26-12-10-23)16-4-2-8-24(14-16)19-21-7-5-17(22-19)15-3-1-6-20-13-15/h1,3,5-7,13,16H,2,4,8-12,14H2. The first-order valence-electron chi connectivity index (χ1n) is 9.16. The number of anilines is 1. The minimum absolute atomic E-state index is 0.00694. The molecule has 0 saturated carbocycles. The molecule has 0 aliphatic carbocycles. The van der Waals surface area contributed by atoms with Crippen LogP contribution in [0.15, 0.2) is 36.8 Å². The van der Waals surface area contributed by atoms with Crippen LogP contribution < -0.4 is 4.90 Å². The van der Waals surface area contributed by atoms with Gasteiger partial charge in [0.15, 0.2) is 0 Å². The molecule has 0 N–H and O–H groups in total. The van der Waals surface area contributed by atoms with Crippen LogP contribution in [-0.4, -0.2) is 65.2 Å². The number of hydrogen-bond donors (Lipinski definition) is 0. The van der Waals surface area contributed by atoms with Gasteiger partial charge in [0, 0.05) is 50.3 Å². The number of morpholine rings is 1. The van der Waals surface area contributed by atoms with Crippen molar-refractivity contribution < 1.29 is 9.53 Å². The SMILES string of the molecule is O=C(C1CCCN(c2nccc(-c3cccnc3)n2)C1)N1CCOCC1. The van der Waals surface area contributed by atoms with Crippen LogP contribution in [0.1, 0.15) is 12.8 Å². The maximum atomic E-state index is 12.8. The lowest BCUT2D eigenvalue weighted by Gasteiger charge is -2.36. The van der Waals surface area contributed by atoms with E-state index in [1.165, 1.54) is 0 Å². The Balaban J connectivity index is 1.48. The number of rotatable bonds is 3. The molecule has 4 heterocycles. The summed E-state index contributed by atoms with van der Waals surface area (Å²) in [7, 11) is 0. The Morgan fingerprint density at radius 1 is 1.15 bits per heavy atom. The van der Waals surface area contributed by atoms with Gasteiger partial charge in [-0.15, -0.1) is 0 Å². The van der Waals surface area contributed by atoms with E-state index in [0.29, 0.717) is 38.8 Å². The molecule has 0 spiro atoms. The van der Waals surface area contributed by atoms with E-state index < -0.39 is 0 Å². The summed E-state index contributed by atoms with van der Waals surface area (Å²) in [4.78, 5) is 30.2. The molecule has 136 valence electrons. The van der Waals surface area contributed by atoms with Crippen LogP contribution in [0.2, 0.25) is 0 Å². The molecule has 2 aromatic heterocycles. The van der Waals surface area contributed by atoms with E-state index in [1.54, 1.807) is 18.6 Å². The molecule has 4 rings (SSSR count). The molecule has 1 amide bonds. The summed E-state index contributed by atoms with van der Waals surface area (Å²) in [5, 5.41) is 0. The maximum Gasteiger partial charge on any atom is 0.227 e. The number of piperidine rings is 1. The average Bonchev–Trinajstić information content (AvgIpc) is 2.75. The quantitative estimate of drug-likeness (QED) is 0.835. The molecule has 7 heteroatoms. The average molecular weight is 353 g/mol. The molecule has 0 aromatic carbocycles. The summed E-state index contributed by atoms with van der Waals surface area (Å²) < 4.78 is 5.35. The van der Waals surface area contributed by atoms with Gasteiger partial charge in [0.1, 0.15) is 0 Å². The monoisotopic (exact) mass is 353 g/mol. The van der Waals surface area contributed by atoms with Crippen LogP contribution >= 0.6 is 0 Å². The summed E-state index contributed by atoms with van der Waals surface area (Å²) in [5.41, 5.74) is 1.82. The Hall–Kier alpha value is -2.54. The van der Waals surface area contributed by atoms with Crippen molar-refractivity contribution in [2.24, 2.45) is 5.92 Å². The molecular weight excluding hydrogens is 330 g/mol. The van der Waals surface area contributed by atoms with Gasteiger partial charge < -0.3 is 14.5 Å². The Morgan fingerprint density at radius 3 is 2.85 bits per heavy atom. The molecule has 2 saturated heterocycles. The van der Waals surface area contributed by atoms with Crippen LogP contribution in [0.25, 0.3) is 11.3 Å². The van der Waals surface area contributed by atoms with Gasteiger partial charge in [0.2, 0.25) is 11.9 Å². The number of carbonyl (C=O) groups excluding carboxylic acids is 1. The highest BCUT2D eigenvalue weighted by Crippen LogP contribution is 2.24. The molecule has 7 nitrogen and oxygen atoms in total. The highest BCUT2D eigenvalue weighted by atomic mass is 16.5. The van der Waals surface area contributed by atoms with Gasteiger partial charge in [0.25, 0.3) is 0 Å². The van der Waals surface area contributed by atoms with Crippen LogP contribution in [0, 0.1) is 5.92 Å². The molecule has 1 unspecified atom stereocenters. The van der Waals surface area contributed by atoms with Gasteiger partial charge in [-0.2, -0.15) is 0 Å². The van der Waals surface area contributed by atoms with Gasteiger partial charge in [-0.25, -0.2) is 9.97 Å². The molecule has 26 heavy (non-hydrogen) atoms. The van der Waals surface area contributed by atoms with E-state index in [2.05, 4.69) is 14.9 Å². The fourth-order valence-corrected chi connectivity index (χ4v) is 3.58. The van der Waals surface area contributed by atoms with Crippen molar-refractivity contribution in [2.75, 3.05) is 44.3 Å². The Bertz CT molecular complexity index is 749. The zero-order chi connectivity index (χ0) is 17.8. The van der Waals surface area contributed by atoms with Gasteiger partial charge in [-0.05, 0) is 31.0 Å². The lowest BCUT2D eigenvalue weighted by atomic mass is 9.96. The van der Waals surface area contributed by atoms with Crippen molar-refractivity contribution in [1.29, 1.82) is 0 Å². The van der Waals surface area contributed by atoms with E-state index in [4.69, 9.17) is 9.72 Å². The van der Waals surface area contributed by atoms with Crippen molar-refractivity contribution in [1.82, 2.24) is 19.9 Å². The third-order valence-electron chi connectivity index (χ3n) is 4.98. The van der Waals surface area contributed by atoms with Crippen molar-refractivity contribution in [3.63, 3.8) is 0 Å². The normalized spacial score (nSPS) is 20.8. The lowest BCUT2D eigenvalue weighted by molar-refractivity contribution is -0.139. The summed E-state index contributed by atoms with van der Waals surface area (Å²) in [6.45, 7) is 4.22. The van der Waals surface area contributed by atoms with Crippen molar-refractivity contribution in [2.45, 2.75) is 12.8 Å². The number of carbonyl (C=O) groups is 1. The lowest BCUT2D eigenvalue weighted by Crippen LogP contribution is -2.48. The number of amides is 1. The smallest absolute Gasteiger partial charge is 0.227 e. The molecule has 1 atom stereocenters. The molecule has 2 aliphatic heterocycles. The van der Waals surface area contributed by atoms with Crippen molar-refractivity contribution in [3.8, 4) is 11.3 Å². The fraction of sp³-hybridized carbons (Fsp3) is 0.474. The zero-order valence-electron chi connectivity index (χ0n) is 14.8. The molecule has 2 aliphatic rings. The predicted octanol–water partition coefficient (Wildman–Crippen LogP) is 1.61. The minimum atomic E-state index is 0.00694. The Labute approximate surface area is 153 Å². The van der Waals surface area contributed by atoms with E-state index >= 15 is 0 Å². The third kappa shape index (κ3) is 3.67. The van der Waals surface area contributed by atoms with Crippen LogP contribution in [0.4, 0.5) is 5.95 Å². The number of hydrogen-bond acceptors (Lipinski definition) is 6. The van der Waals surface area contributed by atoms with Gasteiger partial charge in [0.05, 0.1) is 24.8 Å². The van der Waals surface area contributed by atoms with Crippen LogP contribution in [0.3, 0.4) is 0 Å². The minimum Gasteiger partial charge on any atom is -0.378 e. The maximum absolute atomic E-state index is 12.8. The summed E-state index contributed by atoms with van der Waals surface area (Å²) in [5.74, 6) is 0.930. The van der Waals surface area contributed by atoms with E-state index in [1.807, 2.05) is 23.1 Å². The van der Waals surface area contributed by atoms with E-state index in [0.717, 1.165) is 30.6 Å². The number of pyridine rings is 1. The summed E-state index contributed by atoms with van der Waals surface area (Å²) in [6.07, 6.45) is 7.22. The van der Waals surface area contributed by atoms with Gasteiger partial charge in [-0.3, -0.25) is 9.78 Å². The second-order valence-corrected chi connectivity index (χ2v) is 6.71. The Kier molecular flexibility index (Phi) is 5.06. The van der Waals surface area contributed by atoms with Crippen LogP contribution in [0.5, 0.6) is 0 Å². The number of nitrogens with zero attached hydrogens (tertiary/aromatic N) is 5. The Morgan fingerprint density at radius 2 is 2.04 bits per heavy atom. The van der Waals surface area contributed by atoms with Crippen LogP contribution in [-0.2, 0) is 9.53 Å². The van der Waals surface area contributed by atoms with Crippen molar-refractivity contribution >= 4 is 11.9 Å². The van der Waals surface area contributed by atoms with Gasteiger partial charge >= 0.3 is 0 Å². The largest absolute Gasteiger partial charge is 0.378 e. The molecular formula is C19H23N5O2. The summed E-state index contributed by atoms with van der Waals surface area (Å²) in [6, 6.07) is 5.77. The van der Waals surface area contributed by atoms with E-state index in [-0.39, 0.29) is 11.8 Å². The first-order valence-corrected chi connectivity index (χ1v) is 9.16. The van der Waals surface area contributed by atoms with E-state index in [9.17, 15) is 4.79 Å². The molecule has 0 radical (unpaired) electrons.